The lowest BCUT2D eigenvalue weighted by Gasteiger charge is -2.13. The van der Waals surface area contributed by atoms with Gasteiger partial charge in [-0.3, -0.25) is 14.9 Å². The van der Waals surface area contributed by atoms with Crippen molar-refractivity contribution in [1.29, 1.82) is 0 Å². The number of nitro groups is 1. The van der Waals surface area contributed by atoms with Crippen molar-refractivity contribution in [2.24, 2.45) is 0 Å². The number of aromatic hydroxyl groups is 1. The van der Waals surface area contributed by atoms with Gasteiger partial charge in [-0.05, 0) is 29.7 Å². The summed E-state index contributed by atoms with van der Waals surface area (Å²) in [5.74, 6) is -1.79. The number of hydrogen-bond acceptors (Lipinski definition) is 4. The fraction of sp³-hybridized carbons (Fsp3) is 0.133. The van der Waals surface area contributed by atoms with E-state index in [1.807, 2.05) is 0 Å². The third-order valence-electron chi connectivity index (χ3n) is 3.15. The van der Waals surface area contributed by atoms with Crippen LogP contribution < -0.4 is 0 Å². The molecule has 0 fully saturated rings. The van der Waals surface area contributed by atoms with Gasteiger partial charge in [0.2, 0.25) is 0 Å². The molecule has 0 saturated heterocycles. The largest absolute Gasteiger partial charge is 0.508 e. The molecule has 1 atom stereocenters. The van der Waals surface area contributed by atoms with Gasteiger partial charge in [-0.15, -0.1) is 0 Å². The van der Waals surface area contributed by atoms with Gasteiger partial charge in [0.1, 0.15) is 5.75 Å². The zero-order valence-electron chi connectivity index (χ0n) is 11.0. The third kappa shape index (κ3) is 3.56. The van der Waals surface area contributed by atoms with E-state index in [0.717, 1.165) is 0 Å². The number of phenols is 1. The summed E-state index contributed by atoms with van der Waals surface area (Å²) in [5, 5.41) is 29.3. The van der Waals surface area contributed by atoms with Gasteiger partial charge in [0.25, 0.3) is 5.69 Å². The number of nitrogens with zero attached hydrogens (tertiary/aromatic N) is 1. The minimum Gasteiger partial charge on any atom is -0.508 e. The lowest BCUT2D eigenvalue weighted by atomic mass is 9.92. The van der Waals surface area contributed by atoms with Crippen LogP contribution in [0.25, 0.3) is 0 Å². The summed E-state index contributed by atoms with van der Waals surface area (Å²) in [4.78, 5) is 21.6. The van der Waals surface area contributed by atoms with Gasteiger partial charge in [-0.2, -0.15) is 0 Å². The Morgan fingerprint density at radius 1 is 1.19 bits per heavy atom. The molecule has 2 rings (SSSR count). The first-order valence-electron chi connectivity index (χ1n) is 6.22. The summed E-state index contributed by atoms with van der Waals surface area (Å²) in [6, 6.07) is 11.8. The van der Waals surface area contributed by atoms with Gasteiger partial charge in [-0.25, -0.2) is 0 Å². The van der Waals surface area contributed by atoms with Crippen molar-refractivity contribution >= 4 is 11.7 Å². The van der Waals surface area contributed by atoms with Crippen LogP contribution in [0.5, 0.6) is 5.75 Å². The van der Waals surface area contributed by atoms with Crippen molar-refractivity contribution in [1.82, 2.24) is 0 Å². The fourth-order valence-corrected chi connectivity index (χ4v) is 2.09. The van der Waals surface area contributed by atoms with Crippen LogP contribution in [-0.4, -0.2) is 21.1 Å². The van der Waals surface area contributed by atoms with E-state index in [-0.39, 0.29) is 17.9 Å². The van der Waals surface area contributed by atoms with Crippen LogP contribution in [0.15, 0.2) is 48.5 Å². The van der Waals surface area contributed by atoms with Crippen LogP contribution >= 0.6 is 0 Å². The number of rotatable bonds is 5. The lowest BCUT2D eigenvalue weighted by Crippen LogP contribution is -2.14. The van der Waals surface area contributed by atoms with Crippen molar-refractivity contribution in [3.05, 3.63) is 69.8 Å². The molecule has 6 nitrogen and oxygen atoms in total. The Morgan fingerprint density at radius 3 is 2.43 bits per heavy atom. The molecule has 0 heterocycles. The summed E-state index contributed by atoms with van der Waals surface area (Å²) in [6.45, 7) is 0. The minimum absolute atomic E-state index is 0.0539. The number of carboxylic acid groups (broad SMARTS) is 1. The quantitative estimate of drug-likeness (QED) is 0.650. The van der Waals surface area contributed by atoms with Crippen LogP contribution in [-0.2, 0) is 11.2 Å². The molecule has 0 aromatic heterocycles. The Hall–Kier alpha value is -2.89. The third-order valence-corrected chi connectivity index (χ3v) is 3.15. The maximum Gasteiger partial charge on any atom is 0.311 e. The number of hydrogen-bond donors (Lipinski definition) is 2. The van der Waals surface area contributed by atoms with E-state index in [1.54, 1.807) is 6.07 Å². The zero-order valence-corrected chi connectivity index (χ0v) is 11.0. The molecular weight excluding hydrogens is 274 g/mol. The predicted molar refractivity (Wildman–Crippen MR) is 75.3 cm³/mol. The number of nitro benzene ring substituents is 1. The second kappa shape index (κ2) is 6.04. The van der Waals surface area contributed by atoms with Gasteiger partial charge in [0.05, 0.1) is 10.8 Å². The molecule has 2 aromatic rings. The highest BCUT2D eigenvalue weighted by atomic mass is 16.6. The first kappa shape index (κ1) is 14.5. The van der Waals surface area contributed by atoms with Gasteiger partial charge in [0, 0.05) is 12.1 Å². The Balaban J connectivity index is 2.28. The molecule has 6 heteroatoms. The molecule has 21 heavy (non-hydrogen) atoms. The Labute approximate surface area is 120 Å². The van der Waals surface area contributed by atoms with Crippen molar-refractivity contribution in [3.8, 4) is 5.75 Å². The second-order valence-electron chi connectivity index (χ2n) is 4.61. The number of phenolic OH excluding ortho intramolecular Hbond substituents is 1. The summed E-state index contributed by atoms with van der Waals surface area (Å²) in [6.07, 6.45) is 0.141. The normalized spacial score (nSPS) is 11.8. The zero-order chi connectivity index (χ0) is 15.4. The Bertz CT molecular complexity index is 666. The molecular formula is C15H13NO5. The molecule has 0 amide bonds. The Morgan fingerprint density at radius 2 is 1.86 bits per heavy atom. The van der Waals surface area contributed by atoms with Gasteiger partial charge in [0.15, 0.2) is 0 Å². The smallest absolute Gasteiger partial charge is 0.311 e. The van der Waals surface area contributed by atoms with Crippen molar-refractivity contribution < 1.29 is 19.9 Å². The Kier molecular flexibility index (Phi) is 4.18. The fourth-order valence-electron chi connectivity index (χ4n) is 2.09. The molecule has 0 radical (unpaired) electrons. The monoisotopic (exact) mass is 287 g/mol. The number of aliphatic carboxylic acids is 1. The lowest BCUT2D eigenvalue weighted by molar-refractivity contribution is -0.384. The highest BCUT2D eigenvalue weighted by Gasteiger charge is 2.21. The van der Waals surface area contributed by atoms with Gasteiger partial charge in [-0.1, -0.05) is 24.3 Å². The van der Waals surface area contributed by atoms with Crippen LogP contribution in [0.1, 0.15) is 17.0 Å². The van der Waals surface area contributed by atoms with E-state index >= 15 is 0 Å². The van der Waals surface area contributed by atoms with E-state index < -0.39 is 16.8 Å². The molecule has 0 aliphatic rings. The van der Waals surface area contributed by atoms with Crippen LogP contribution in [0.2, 0.25) is 0 Å². The van der Waals surface area contributed by atoms with Crippen molar-refractivity contribution in [2.75, 3.05) is 0 Å². The van der Waals surface area contributed by atoms with Crippen LogP contribution in [0.4, 0.5) is 5.69 Å². The maximum atomic E-state index is 11.4. The highest BCUT2D eigenvalue weighted by molar-refractivity contribution is 5.76. The number of benzene rings is 2. The molecule has 0 saturated carbocycles. The number of non-ortho nitro benzene ring substituents is 1. The number of carboxylic acids is 1. The summed E-state index contributed by atoms with van der Waals surface area (Å²) in [5.41, 5.74) is 1.04. The molecule has 2 aromatic carbocycles. The summed E-state index contributed by atoms with van der Waals surface area (Å²) >= 11 is 0. The topological polar surface area (TPSA) is 101 Å². The molecule has 0 spiro atoms. The molecule has 1 unspecified atom stereocenters. The first-order chi connectivity index (χ1) is 9.97. The van der Waals surface area contributed by atoms with Crippen LogP contribution in [0, 0.1) is 10.1 Å². The second-order valence-corrected chi connectivity index (χ2v) is 4.61. The summed E-state index contributed by atoms with van der Waals surface area (Å²) in [7, 11) is 0. The SMILES string of the molecule is O=C(O)C(Cc1cccc([N+](=O)[O-])c1)c1ccc(O)cc1. The van der Waals surface area contributed by atoms with E-state index in [0.29, 0.717) is 11.1 Å². The van der Waals surface area contributed by atoms with Gasteiger partial charge < -0.3 is 10.2 Å². The van der Waals surface area contributed by atoms with Gasteiger partial charge >= 0.3 is 5.97 Å². The minimum atomic E-state index is -1.02. The molecule has 0 aliphatic carbocycles. The first-order valence-corrected chi connectivity index (χ1v) is 6.22. The molecule has 2 N–H and O–H groups in total. The van der Waals surface area contributed by atoms with Crippen LogP contribution in [0.3, 0.4) is 0 Å². The van der Waals surface area contributed by atoms with E-state index in [9.17, 15) is 25.1 Å². The molecule has 0 aliphatic heterocycles. The average Bonchev–Trinajstić information content (AvgIpc) is 2.46. The van der Waals surface area contributed by atoms with Crippen molar-refractivity contribution in [3.63, 3.8) is 0 Å². The van der Waals surface area contributed by atoms with E-state index in [2.05, 4.69) is 0 Å². The maximum absolute atomic E-state index is 11.4. The molecule has 108 valence electrons. The predicted octanol–water partition coefficient (Wildman–Crippen LogP) is 2.71. The van der Waals surface area contributed by atoms with E-state index in [4.69, 9.17) is 0 Å². The average molecular weight is 287 g/mol. The van der Waals surface area contributed by atoms with E-state index in [1.165, 1.54) is 42.5 Å². The highest BCUT2D eigenvalue weighted by Crippen LogP contribution is 2.25. The standard InChI is InChI=1S/C15H13NO5/c17-13-6-4-11(5-7-13)14(15(18)19)9-10-2-1-3-12(8-10)16(20)21/h1-8,14,17H,9H2,(H,18,19). The molecule has 0 bridgehead atoms. The number of carbonyl (C=O) groups is 1. The van der Waals surface area contributed by atoms with Crippen molar-refractivity contribution in [2.45, 2.75) is 12.3 Å². The summed E-state index contributed by atoms with van der Waals surface area (Å²) < 4.78 is 0.